The number of unbranched alkanes of at least 4 members (excludes halogenated alkanes) is 6. The molecule has 0 rings (SSSR count). The Bertz CT molecular complexity index is 420. The van der Waals surface area contributed by atoms with Crippen molar-refractivity contribution in [3.05, 3.63) is 17.5 Å². The van der Waals surface area contributed by atoms with Gasteiger partial charge in [-0.05, 0) is 30.3 Å². The first kappa shape index (κ1) is 22.4. The average Bonchev–Trinajstić information content (AvgIpc) is 2.54. The van der Waals surface area contributed by atoms with Crippen LogP contribution in [0.15, 0.2) is 17.4 Å². The molecule has 0 aliphatic carbocycles. The molecule has 0 bridgehead atoms. The second-order valence-corrected chi connectivity index (χ2v) is 6.70. The van der Waals surface area contributed by atoms with E-state index in [1.807, 2.05) is 0 Å². The van der Waals surface area contributed by atoms with Crippen molar-refractivity contribution in [2.75, 3.05) is 6.54 Å². The van der Waals surface area contributed by atoms with E-state index in [4.69, 9.17) is 6.42 Å². The SMILES string of the molecule is C#C/C=C/[N+]([O-])=NCCCCCCCC(=O)CCCCCC(C)C. The molecule has 0 atom stereocenters. The topological polar surface area (TPSA) is 55.5 Å². The maximum Gasteiger partial charge on any atom is 0.217 e. The van der Waals surface area contributed by atoms with Gasteiger partial charge in [0.15, 0.2) is 0 Å². The molecule has 24 heavy (non-hydrogen) atoms. The van der Waals surface area contributed by atoms with E-state index in [0.717, 1.165) is 57.3 Å². The van der Waals surface area contributed by atoms with E-state index in [1.165, 1.54) is 31.5 Å². The van der Waals surface area contributed by atoms with E-state index < -0.39 is 0 Å². The molecule has 0 saturated carbocycles. The number of ketones is 1. The molecule has 0 N–H and O–H groups in total. The van der Waals surface area contributed by atoms with Crippen LogP contribution in [-0.4, -0.2) is 17.2 Å². The summed E-state index contributed by atoms with van der Waals surface area (Å²) in [4.78, 5) is 12.3. The zero-order chi connectivity index (χ0) is 18.0. The van der Waals surface area contributed by atoms with Gasteiger partial charge in [0.05, 0.1) is 6.08 Å². The summed E-state index contributed by atoms with van der Waals surface area (Å²) in [6.45, 7) is 5.01. The summed E-state index contributed by atoms with van der Waals surface area (Å²) < 4.78 is 0. The molecule has 136 valence electrons. The Morgan fingerprint density at radius 1 is 1.08 bits per heavy atom. The Balaban J connectivity index is 3.39. The van der Waals surface area contributed by atoms with Crippen molar-refractivity contribution in [2.45, 2.75) is 84.5 Å². The third-order valence-electron chi connectivity index (χ3n) is 3.89. The van der Waals surface area contributed by atoms with Crippen molar-refractivity contribution in [1.29, 1.82) is 0 Å². The van der Waals surface area contributed by atoms with Gasteiger partial charge in [-0.3, -0.25) is 4.79 Å². The molecule has 0 amide bonds. The number of nitrogens with zero attached hydrogens (tertiary/aromatic N) is 2. The van der Waals surface area contributed by atoms with Gasteiger partial charge in [0.25, 0.3) is 0 Å². The highest BCUT2D eigenvalue weighted by Gasteiger charge is 2.02. The summed E-state index contributed by atoms with van der Waals surface area (Å²) in [6.07, 6.45) is 18.9. The van der Waals surface area contributed by atoms with Gasteiger partial charge in [-0.25, -0.2) is 0 Å². The molecule has 0 aliphatic rings. The van der Waals surface area contributed by atoms with Crippen LogP contribution in [0.4, 0.5) is 0 Å². The number of hydrogen-bond donors (Lipinski definition) is 0. The van der Waals surface area contributed by atoms with Crippen molar-refractivity contribution >= 4 is 5.78 Å². The molecule has 0 aromatic rings. The minimum Gasteiger partial charge on any atom is -0.595 e. The molecule has 0 radical (unpaired) electrons. The van der Waals surface area contributed by atoms with Gasteiger partial charge in [0.1, 0.15) is 12.3 Å². The predicted octanol–water partition coefficient (Wildman–Crippen LogP) is 5.61. The number of Topliss-reactive ketones (excluding diaryl/α,β-unsaturated/α-hetero) is 1. The Labute approximate surface area is 148 Å². The fraction of sp³-hybridized carbons (Fsp3) is 0.750. The normalized spacial score (nSPS) is 12.0. The molecule has 0 aromatic heterocycles. The van der Waals surface area contributed by atoms with Crippen LogP contribution in [0.1, 0.15) is 84.5 Å². The summed E-state index contributed by atoms with van der Waals surface area (Å²) in [6, 6.07) is 0. The Kier molecular flexibility index (Phi) is 15.1. The number of hydroxylamine groups is 1. The molecule has 0 aromatic carbocycles. The molecule has 0 heterocycles. The van der Waals surface area contributed by atoms with Crippen molar-refractivity contribution in [2.24, 2.45) is 11.0 Å². The van der Waals surface area contributed by atoms with Crippen LogP contribution >= 0.6 is 0 Å². The average molecular weight is 335 g/mol. The second-order valence-electron chi connectivity index (χ2n) is 6.70. The lowest BCUT2D eigenvalue weighted by Gasteiger charge is -2.04. The van der Waals surface area contributed by atoms with Crippen LogP contribution in [0, 0.1) is 23.5 Å². The Morgan fingerprint density at radius 3 is 2.29 bits per heavy atom. The minimum absolute atomic E-state index is 0.414. The highest BCUT2D eigenvalue weighted by molar-refractivity contribution is 5.78. The second kappa shape index (κ2) is 16.2. The number of terminal acetylenes is 1. The third-order valence-corrected chi connectivity index (χ3v) is 3.89. The van der Waals surface area contributed by atoms with Gasteiger partial charge < -0.3 is 5.21 Å². The van der Waals surface area contributed by atoms with Crippen LogP contribution in [0.3, 0.4) is 0 Å². The van der Waals surface area contributed by atoms with E-state index in [-0.39, 0.29) is 0 Å². The van der Waals surface area contributed by atoms with E-state index in [0.29, 0.717) is 17.2 Å². The summed E-state index contributed by atoms with van der Waals surface area (Å²) in [5, 5.41) is 14.9. The molecule has 0 saturated heterocycles. The first-order valence-electron chi connectivity index (χ1n) is 9.34. The molecular weight excluding hydrogens is 300 g/mol. The molecular formula is C20H34N2O2. The van der Waals surface area contributed by atoms with Crippen molar-refractivity contribution in [3.8, 4) is 12.3 Å². The first-order chi connectivity index (χ1) is 11.6. The summed E-state index contributed by atoms with van der Waals surface area (Å²) >= 11 is 0. The highest BCUT2D eigenvalue weighted by atomic mass is 16.5. The first-order valence-corrected chi connectivity index (χ1v) is 9.34. The quantitative estimate of drug-likeness (QED) is 0.128. The lowest BCUT2D eigenvalue weighted by atomic mass is 10.0. The van der Waals surface area contributed by atoms with Crippen molar-refractivity contribution < 1.29 is 9.66 Å². The van der Waals surface area contributed by atoms with Crippen LogP contribution in [0.2, 0.25) is 0 Å². The van der Waals surface area contributed by atoms with Crippen LogP contribution in [0.25, 0.3) is 0 Å². The Morgan fingerprint density at radius 2 is 1.67 bits per heavy atom. The maximum atomic E-state index is 11.8. The largest absolute Gasteiger partial charge is 0.595 e. The third kappa shape index (κ3) is 16.7. The smallest absolute Gasteiger partial charge is 0.217 e. The monoisotopic (exact) mass is 334 g/mol. The van der Waals surface area contributed by atoms with Crippen molar-refractivity contribution in [1.82, 2.24) is 0 Å². The standard InChI is InChI=1S/C20H34N2O2/c1-4-5-18-22(24)21-17-13-8-6-7-11-15-20(23)16-12-9-10-14-19(2)3/h1,5,18-19H,6-17H2,2-3H3/b18-5+,22-21?. The van der Waals surface area contributed by atoms with Gasteiger partial charge >= 0.3 is 0 Å². The highest BCUT2D eigenvalue weighted by Crippen LogP contribution is 2.12. The molecule has 4 heteroatoms. The van der Waals surface area contributed by atoms with Crippen LogP contribution < -0.4 is 0 Å². The Hall–Kier alpha value is -1.63. The molecule has 0 unspecified atom stereocenters. The van der Waals surface area contributed by atoms with E-state index in [1.54, 1.807) is 0 Å². The number of allylic oxidation sites excluding steroid dienone is 1. The summed E-state index contributed by atoms with van der Waals surface area (Å²) in [5.41, 5.74) is 0. The number of carbonyl (C=O) groups excluding carboxylic acids is 1. The number of hydrogen-bond acceptors (Lipinski definition) is 3. The lowest BCUT2D eigenvalue weighted by Crippen LogP contribution is -1.98. The van der Waals surface area contributed by atoms with Gasteiger partial charge in [0.2, 0.25) is 6.20 Å². The zero-order valence-corrected chi connectivity index (χ0v) is 15.5. The van der Waals surface area contributed by atoms with Gasteiger partial charge in [-0.2, -0.15) is 0 Å². The van der Waals surface area contributed by atoms with Crippen LogP contribution in [-0.2, 0) is 4.79 Å². The van der Waals surface area contributed by atoms with Gasteiger partial charge in [-0.15, -0.1) is 6.42 Å². The molecule has 0 fully saturated rings. The number of carbonyl (C=O) groups is 1. The predicted molar refractivity (Wildman–Crippen MR) is 99.5 cm³/mol. The van der Waals surface area contributed by atoms with E-state index in [2.05, 4.69) is 24.9 Å². The number of rotatable bonds is 15. The summed E-state index contributed by atoms with van der Waals surface area (Å²) in [5.74, 6) is 3.43. The van der Waals surface area contributed by atoms with Gasteiger partial charge in [-0.1, -0.05) is 63.2 Å². The maximum absolute atomic E-state index is 11.8. The van der Waals surface area contributed by atoms with Crippen molar-refractivity contribution in [3.63, 3.8) is 0 Å². The fourth-order valence-corrected chi connectivity index (χ4v) is 2.46. The van der Waals surface area contributed by atoms with E-state index in [9.17, 15) is 10.0 Å². The molecule has 0 aliphatic heterocycles. The number of azo groups is 1. The van der Waals surface area contributed by atoms with E-state index >= 15 is 0 Å². The lowest BCUT2D eigenvalue weighted by molar-refractivity contribution is -0.458. The van der Waals surface area contributed by atoms with Gasteiger partial charge in [0, 0.05) is 12.8 Å². The zero-order valence-electron chi connectivity index (χ0n) is 15.5. The molecule has 0 spiro atoms. The molecule has 4 nitrogen and oxygen atoms in total. The van der Waals surface area contributed by atoms with Crippen LogP contribution in [0.5, 0.6) is 0 Å². The fourth-order valence-electron chi connectivity index (χ4n) is 2.46. The minimum atomic E-state index is 0.414. The summed E-state index contributed by atoms with van der Waals surface area (Å²) in [7, 11) is 0.